The Hall–Kier alpha value is -3.52. The standard InChI is InChI=1S/C23H22N2O5S/c1-3-25-20-13-16(2)22(14-21(20)30-23(25)26)31(27,28)24-18-9-11-19(12-10-18)29-15-17-7-5-4-6-8-17/h4-14,24H,3,15H2,1-2H3. The summed E-state index contributed by atoms with van der Waals surface area (Å²) in [6.45, 7) is 4.37. The maximum Gasteiger partial charge on any atom is 0.419 e. The lowest BCUT2D eigenvalue weighted by molar-refractivity contribution is 0.306. The summed E-state index contributed by atoms with van der Waals surface area (Å²) in [5.74, 6) is 0.123. The Balaban J connectivity index is 1.53. The van der Waals surface area contributed by atoms with Gasteiger partial charge < -0.3 is 9.15 Å². The van der Waals surface area contributed by atoms with Crippen LogP contribution in [0.15, 0.2) is 80.8 Å². The summed E-state index contributed by atoms with van der Waals surface area (Å²) in [4.78, 5) is 12.0. The van der Waals surface area contributed by atoms with E-state index in [2.05, 4.69) is 4.72 Å². The number of hydrogen-bond donors (Lipinski definition) is 1. The number of benzene rings is 3. The highest BCUT2D eigenvalue weighted by Gasteiger charge is 2.20. The molecule has 0 fully saturated rings. The lowest BCUT2D eigenvalue weighted by Gasteiger charge is -2.12. The molecule has 0 aliphatic heterocycles. The molecule has 4 rings (SSSR count). The second-order valence-corrected chi connectivity index (χ2v) is 8.75. The van der Waals surface area contributed by atoms with Crippen LogP contribution in [0.25, 0.3) is 11.1 Å². The molecule has 0 amide bonds. The molecule has 0 bridgehead atoms. The number of fused-ring (bicyclic) bond motifs is 1. The average Bonchev–Trinajstić information content (AvgIpc) is 3.07. The van der Waals surface area contributed by atoms with E-state index in [9.17, 15) is 13.2 Å². The van der Waals surface area contributed by atoms with E-state index in [-0.39, 0.29) is 10.5 Å². The van der Waals surface area contributed by atoms with Crippen LogP contribution >= 0.6 is 0 Å². The minimum Gasteiger partial charge on any atom is -0.489 e. The van der Waals surface area contributed by atoms with Gasteiger partial charge in [-0.05, 0) is 55.3 Å². The monoisotopic (exact) mass is 438 g/mol. The average molecular weight is 439 g/mol. The molecule has 7 nitrogen and oxygen atoms in total. The van der Waals surface area contributed by atoms with E-state index in [1.54, 1.807) is 37.3 Å². The van der Waals surface area contributed by atoms with Crippen LogP contribution in [0, 0.1) is 6.92 Å². The van der Waals surface area contributed by atoms with Crippen LogP contribution in [0.1, 0.15) is 18.1 Å². The van der Waals surface area contributed by atoms with Crippen LogP contribution in [0.2, 0.25) is 0 Å². The maximum absolute atomic E-state index is 13.0. The van der Waals surface area contributed by atoms with E-state index >= 15 is 0 Å². The van der Waals surface area contributed by atoms with Gasteiger partial charge in [-0.1, -0.05) is 30.3 Å². The number of nitrogens with zero attached hydrogens (tertiary/aromatic N) is 1. The quantitative estimate of drug-likeness (QED) is 0.465. The molecule has 4 aromatic rings. The Morgan fingerprint density at radius 2 is 1.74 bits per heavy atom. The lowest BCUT2D eigenvalue weighted by atomic mass is 10.2. The highest BCUT2D eigenvalue weighted by atomic mass is 32.2. The molecule has 3 aromatic carbocycles. The van der Waals surface area contributed by atoms with Gasteiger partial charge in [0.2, 0.25) is 0 Å². The Morgan fingerprint density at radius 1 is 1.03 bits per heavy atom. The SMILES string of the molecule is CCn1c(=O)oc2cc(S(=O)(=O)Nc3ccc(OCc4ccccc4)cc3)c(C)cc21. The number of ether oxygens (including phenoxy) is 1. The summed E-state index contributed by atoms with van der Waals surface area (Å²) >= 11 is 0. The van der Waals surface area contributed by atoms with Gasteiger partial charge in [0.25, 0.3) is 10.0 Å². The zero-order valence-corrected chi connectivity index (χ0v) is 18.0. The summed E-state index contributed by atoms with van der Waals surface area (Å²) in [5, 5.41) is 0. The van der Waals surface area contributed by atoms with Gasteiger partial charge in [0.1, 0.15) is 12.4 Å². The fourth-order valence-electron chi connectivity index (χ4n) is 3.35. The van der Waals surface area contributed by atoms with Crippen molar-refractivity contribution in [3.8, 4) is 5.75 Å². The third kappa shape index (κ3) is 4.34. The largest absolute Gasteiger partial charge is 0.489 e. The second-order valence-electron chi connectivity index (χ2n) is 7.10. The molecule has 0 spiro atoms. The number of sulfonamides is 1. The van der Waals surface area contributed by atoms with Crippen LogP contribution in [0.4, 0.5) is 5.69 Å². The summed E-state index contributed by atoms with van der Waals surface area (Å²) in [5.41, 5.74) is 2.78. The zero-order valence-electron chi connectivity index (χ0n) is 17.2. The number of anilines is 1. The normalized spacial score (nSPS) is 11.5. The molecule has 0 atom stereocenters. The molecule has 0 unspecified atom stereocenters. The molecule has 31 heavy (non-hydrogen) atoms. The van der Waals surface area contributed by atoms with Gasteiger partial charge in [0.05, 0.1) is 10.4 Å². The molecule has 1 N–H and O–H groups in total. The summed E-state index contributed by atoms with van der Waals surface area (Å²) in [6, 6.07) is 19.5. The Morgan fingerprint density at radius 3 is 2.42 bits per heavy atom. The van der Waals surface area contributed by atoms with E-state index in [1.807, 2.05) is 37.3 Å². The van der Waals surface area contributed by atoms with Crippen molar-refractivity contribution >= 4 is 26.8 Å². The number of aryl methyl sites for hydroxylation is 2. The highest BCUT2D eigenvalue weighted by molar-refractivity contribution is 7.92. The summed E-state index contributed by atoms with van der Waals surface area (Å²) in [6.07, 6.45) is 0. The van der Waals surface area contributed by atoms with Crippen molar-refractivity contribution in [2.75, 3.05) is 4.72 Å². The molecular formula is C23H22N2O5S. The fourth-order valence-corrected chi connectivity index (χ4v) is 4.65. The molecule has 0 saturated heterocycles. The van der Waals surface area contributed by atoms with Gasteiger partial charge >= 0.3 is 5.76 Å². The first-order chi connectivity index (χ1) is 14.9. The van der Waals surface area contributed by atoms with E-state index in [1.165, 1.54) is 10.6 Å². The number of hydrogen-bond acceptors (Lipinski definition) is 5. The predicted octanol–water partition coefficient (Wildman–Crippen LogP) is 4.30. The van der Waals surface area contributed by atoms with Crippen LogP contribution in [0.5, 0.6) is 5.75 Å². The molecule has 0 radical (unpaired) electrons. The van der Waals surface area contributed by atoms with Crippen molar-refractivity contribution in [2.45, 2.75) is 31.9 Å². The van der Waals surface area contributed by atoms with Gasteiger partial charge in [-0.15, -0.1) is 0 Å². The van der Waals surface area contributed by atoms with Crippen molar-refractivity contribution < 1.29 is 17.6 Å². The minimum atomic E-state index is -3.88. The van der Waals surface area contributed by atoms with Crippen LogP contribution < -0.4 is 15.2 Å². The van der Waals surface area contributed by atoms with Crippen molar-refractivity contribution in [3.63, 3.8) is 0 Å². The smallest absolute Gasteiger partial charge is 0.419 e. The molecular weight excluding hydrogens is 416 g/mol. The van der Waals surface area contributed by atoms with Crippen molar-refractivity contribution in [1.82, 2.24) is 4.57 Å². The van der Waals surface area contributed by atoms with Crippen molar-refractivity contribution in [1.29, 1.82) is 0 Å². The van der Waals surface area contributed by atoms with Crippen LogP contribution in [0.3, 0.4) is 0 Å². The molecule has 0 saturated carbocycles. The molecule has 1 aromatic heterocycles. The van der Waals surface area contributed by atoms with Gasteiger partial charge in [-0.2, -0.15) is 0 Å². The van der Waals surface area contributed by atoms with E-state index in [4.69, 9.17) is 9.15 Å². The first-order valence-corrected chi connectivity index (χ1v) is 11.3. The Labute approximate surface area is 179 Å². The molecule has 1 heterocycles. The molecule has 160 valence electrons. The number of aromatic nitrogens is 1. The predicted molar refractivity (Wildman–Crippen MR) is 119 cm³/mol. The van der Waals surface area contributed by atoms with Crippen LogP contribution in [-0.4, -0.2) is 13.0 Å². The van der Waals surface area contributed by atoms with Gasteiger partial charge in [-0.25, -0.2) is 13.2 Å². The zero-order chi connectivity index (χ0) is 22.0. The first-order valence-electron chi connectivity index (χ1n) is 9.81. The summed E-state index contributed by atoms with van der Waals surface area (Å²) in [7, 11) is -3.88. The maximum atomic E-state index is 13.0. The third-order valence-corrected chi connectivity index (χ3v) is 6.45. The Kier molecular flexibility index (Phi) is 5.56. The molecule has 0 aliphatic rings. The van der Waals surface area contributed by atoms with Crippen molar-refractivity contribution in [3.05, 3.63) is 88.4 Å². The first kappa shape index (κ1) is 20.7. The van der Waals surface area contributed by atoms with Crippen molar-refractivity contribution in [2.24, 2.45) is 0 Å². The number of nitrogens with one attached hydrogen (secondary N) is 1. The molecule has 0 aliphatic carbocycles. The highest BCUT2D eigenvalue weighted by Crippen LogP contribution is 2.26. The minimum absolute atomic E-state index is 0.0569. The summed E-state index contributed by atoms with van der Waals surface area (Å²) < 4.78 is 40.9. The second kappa shape index (κ2) is 8.31. The lowest BCUT2D eigenvalue weighted by Crippen LogP contribution is -2.14. The topological polar surface area (TPSA) is 90.5 Å². The van der Waals surface area contributed by atoms with Gasteiger partial charge in [0, 0.05) is 18.3 Å². The van der Waals surface area contributed by atoms with Gasteiger partial charge in [-0.3, -0.25) is 9.29 Å². The van der Waals surface area contributed by atoms with E-state index in [0.717, 1.165) is 5.56 Å². The number of rotatable bonds is 7. The van der Waals surface area contributed by atoms with E-state index < -0.39 is 15.8 Å². The third-order valence-electron chi connectivity index (χ3n) is 4.93. The van der Waals surface area contributed by atoms with E-state index in [0.29, 0.717) is 35.7 Å². The fraction of sp³-hybridized carbons (Fsp3) is 0.174. The number of oxazole rings is 1. The van der Waals surface area contributed by atoms with Crippen LogP contribution in [-0.2, 0) is 23.2 Å². The Bertz CT molecular complexity index is 1370. The molecule has 8 heteroatoms. The van der Waals surface area contributed by atoms with Gasteiger partial charge in [0.15, 0.2) is 5.58 Å².